The van der Waals surface area contributed by atoms with Gasteiger partial charge in [0.1, 0.15) is 0 Å². The summed E-state index contributed by atoms with van der Waals surface area (Å²) >= 11 is 0. The smallest absolute Gasteiger partial charge is 0.191 e. The van der Waals surface area contributed by atoms with Crippen LogP contribution in [0.4, 0.5) is 0 Å². The molecule has 1 unspecified atom stereocenters. The first-order valence-electron chi connectivity index (χ1n) is 7.68. The fourth-order valence-electron chi connectivity index (χ4n) is 3.08. The van der Waals surface area contributed by atoms with E-state index < -0.39 is 9.84 Å². The SMILES string of the molecule is CCNC(=NCC1(C)CCCC1)NC1CCS(=O)(=O)C1.I. The van der Waals surface area contributed by atoms with Crippen LogP contribution >= 0.6 is 24.0 Å². The lowest BCUT2D eigenvalue weighted by Gasteiger charge is -2.22. The van der Waals surface area contributed by atoms with Crippen molar-refractivity contribution in [1.29, 1.82) is 0 Å². The molecule has 2 N–H and O–H groups in total. The lowest BCUT2D eigenvalue weighted by molar-refractivity contribution is 0.350. The van der Waals surface area contributed by atoms with Crippen molar-refractivity contribution in [2.45, 2.75) is 52.0 Å². The van der Waals surface area contributed by atoms with Crippen LogP contribution in [0, 0.1) is 5.41 Å². The zero-order valence-corrected chi connectivity index (χ0v) is 16.2. The maximum atomic E-state index is 11.5. The van der Waals surface area contributed by atoms with E-state index in [2.05, 4.69) is 22.5 Å². The molecule has 1 heterocycles. The number of guanidine groups is 1. The van der Waals surface area contributed by atoms with E-state index in [-0.39, 0.29) is 35.8 Å². The molecule has 1 saturated heterocycles. The van der Waals surface area contributed by atoms with E-state index in [1.807, 2.05) is 6.92 Å². The first-order valence-corrected chi connectivity index (χ1v) is 9.50. The molecule has 1 aliphatic carbocycles. The van der Waals surface area contributed by atoms with Crippen molar-refractivity contribution in [3.63, 3.8) is 0 Å². The van der Waals surface area contributed by atoms with Gasteiger partial charge in [0.25, 0.3) is 0 Å². The summed E-state index contributed by atoms with van der Waals surface area (Å²) in [6.07, 6.45) is 5.78. The Morgan fingerprint density at radius 1 is 1.33 bits per heavy atom. The Labute approximate surface area is 145 Å². The van der Waals surface area contributed by atoms with Gasteiger partial charge >= 0.3 is 0 Å². The minimum Gasteiger partial charge on any atom is -0.357 e. The van der Waals surface area contributed by atoms with Crippen LogP contribution in [-0.2, 0) is 9.84 Å². The molecule has 0 aromatic rings. The molecular formula is C14H28IN3O2S. The van der Waals surface area contributed by atoms with Crippen molar-refractivity contribution in [2.24, 2.45) is 10.4 Å². The van der Waals surface area contributed by atoms with Crippen molar-refractivity contribution < 1.29 is 8.42 Å². The third kappa shape index (κ3) is 5.92. The van der Waals surface area contributed by atoms with E-state index >= 15 is 0 Å². The highest BCUT2D eigenvalue weighted by Crippen LogP contribution is 2.37. The second kappa shape index (κ2) is 7.99. The lowest BCUT2D eigenvalue weighted by Crippen LogP contribution is -2.44. The second-order valence-electron chi connectivity index (χ2n) is 6.46. The summed E-state index contributed by atoms with van der Waals surface area (Å²) in [6.45, 7) is 5.94. The summed E-state index contributed by atoms with van der Waals surface area (Å²) in [5.74, 6) is 1.29. The lowest BCUT2D eigenvalue weighted by atomic mass is 9.89. The zero-order chi connectivity index (χ0) is 14.6. The van der Waals surface area contributed by atoms with Crippen LogP contribution < -0.4 is 10.6 Å². The van der Waals surface area contributed by atoms with Gasteiger partial charge in [0.2, 0.25) is 0 Å². The predicted octanol–water partition coefficient (Wildman–Crippen LogP) is 1.93. The normalized spacial score (nSPS) is 27.1. The Kier molecular flexibility index (Phi) is 7.23. The number of hydrogen-bond acceptors (Lipinski definition) is 3. The van der Waals surface area contributed by atoms with Crippen LogP contribution in [0.15, 0.2) is 4.99 Å². The summed E-state index contributed by atoms with van der Waals surface area (Å²) in [5, 5.41) is 6.50. The largest absolute Gasteiger partial charge is 0.357 e. The highest BCUT2D eigenvalue weighted by molar-refractivity contribution is 14.0. The molecule has 2 aliphatic rings. The third-order valence-corrected chi connectivity index (χ3v) is 6.11. The molecule has 124 valence electrons. The van der Waals surface area contributed by atoms with E-state index in [9.17, 15) is 8.42 Å². The van der Waals surface area contributed by atoms with Gasteiger partial charge in [-0.15, -0.1) is 24.0 Å². The minimum absolute atomic E-state index is 0. The molecule has 0 radical (unpaired) electrons. The molecule has 0 bridgehead atoms. The van der Waals surface area contributed by atoms with Crippen LogP contribution in [-0.4, -0.2) is 45.0 Å². The van der Waals surface area contributed by atoms with E-state index in [0.717, 1.165) is 19.0 Å². The van der Waals surface area contributed by atoms with Gasteiger partial charge in [0.05, 0.1) is 11.5 Å². The molecule has 5 nitrogen and oxygen atoms in total. The number of rotatable bonds is 4. The molecule has 0 aromatic carbocycles. The quantitative estimate of drug-likeness (QED) is 0.407. The van der Waals surface area contributed by atoms with Crippen LogP contribution in [0.3, 0.4) is 0 Å². The van der Waals surface area contributed by atoms with E-state index in [1.54, 1.807) is 0 Å². The fraction of sp³-hybridized carbons (Fsp3) is 0.929. The van der Waals surface area contributed by atoms with Crippen molar-refractivity contribution in [3.05, 3.63) is 0 Å². The average molecular weight is 429 g/mol. The predicted molar refractivity (Wildman–Crippen MR) is 98.2 cm³/mol. The summed E-state index contributed by atoms with van der Waals surface area (Å²) < 4.78 is 23.0. The third-order valence-electron chi connectivity index (χ3n) is 4.35. The number of aliphatic imine (C=N–C) groups is 1. The van der Waals surface area contributed by atoms with Gasteiger partial charge in [-0.25, -0.2) is 8.42 Å². The van der Waals surface area contributed by atoms with Gasteiger partial charge in [0.15, 0.2) is 15.8 Å². The first-order chi connectivity index (χ1) is 9.42. The summed E-state index contributed by atoms with van der Waals surface area (Å²) in [5.41, 5.74) is 0.324. The number of nitrogens with zero attached hydrogens (tertiary/aromatic N) is 1. The van der Waals surface area contributed by atoms with E-state index in [1.165, 1.54) is 25.7 Å². The number of nitrogens with one attached hydrogen (secondary N) is 2. The topological polar surface area (TPSA) is 70.6 Å². The number of sulfone groups is 1. The Hall–Kier alpha value is -0.0500. The molecule has 0 spiro atoms. The van der Waals surface area contributed by atoms with Crippen LogP contribution in [0.1, 0.15) is 46.0 Å². The maximum absolute atomic E-state index is 11.5. The molecule has 1 saturated carbocycles. The van der Waals surface area contributed by atoms with Gasteiger partial charge in [-0.3, -0.25) is 4.99 Å². The molecule has 0 aromatic heterocycles. The van der Waals surface area contributed by atoms with Crippen LogP contribution in [0.25, 0.3) is 0 Å². The standard InChI is InChI=1S/C14H27N3O2S.HI/c1-3-15-13(16-11-14(2)7-4-5-8-14)17-12-6-9-20(18,19)10-12;/h12H,3-11H2,1-2H3,(H2,15,16,17);1H. The van der Waals surface area contributed by atoms with Gasteiger partial charge in [-0.05, 0) is 31.6 Å². The molecule has 2 fully saturated rings. The molecular weight excluding hydrogens is 401 g/mol. The van der Waals surface area contributed by atoms with Gasteiger partial charge in [-0.2, -0.15) is 0 Å². The highest BCUT2D eigenvalue weighted by atomic mass is 127. The summed E-state index contributed by atoms with van der Waals surface area (Å²) in [6, 6.07) is 0.00850. The summed E-state index contributed by atoms with van der Waals surface area (Å²) in [7, 11) is -2.84. The number of hydrogen-bond donors (Lipinski definition) is 2. The maximum Gasteiger partial charge on any atom is 0.191 e. The van der Waals surface area contributed by atoms with Crippen molar-refractivity contribution in [3.8, 4) is 0 Å². The van der Waals surface area contributed by atoms with Crippen molar-refractivity contribution in [1.82, 2.24) is 10.6 Å². The van der Waals surface area contributed by atoms with Crippen LogP contribution in [0.5, 0.6) is 0 Å². The fourth-order valence-corrected chi connectivity index (χ4v) is 4.75. The Balaban J connectivity index is 0.00000220. The van der Waals surface area contributed by atoms with Crippen LogP contribution in [0.2, 0.25) is 0 Å². The van der Waals surface area contributed by atoms with Gasteiger partial charge in [0, 0.05) is 19.1 Å². The number of halogens is 1. The van der Waals surface area contributed by atoms with Gasteiger partial charge < -0.3 is 10.6 Å². The van der Waals surface area contributed by atoms with E-state index in [4.69, 9.17) is 0 Å². The first kappa shape index (κ1) is 19.0. The average Bonchev–Trinajstić information content (AvgIpc) is 2.94. The zero-order valence-electron chi connectivity index (χ0n) is 13.0. The second-order valence-corrected chi connectivity index (χ2v) is 8.69. The summed E-state index contributed by atoms with van der Waals surface area (Å²) in [4.78, 5) is 4.68. The van der Waals surface area contributed by atoms with Crippen molar-refractivity contribution >= 4 is 39.8 Å². The molecule has 0 amide bonds. The Bertz CT molecular complexity index is 459. The molecule has 7 heteroatoms. The molecule has 1 aliphatic heterocycles. The minimum atomic E-state index is -2.84. The van der Waals surface area contributed by atoms with E-state index in [0.29, 0.717) is 17.6 Å². The monoisotopic (exact) mass is 429 g/mol. The Morgan fingerprint density at radius 2 is 2.00 bits per heavy atom. The molecule has 2 rings (SSSR count). The Morgan fingerprint density at radius 3 is 2.52 bits per heavy atom. The highest BCUT2D eigenvalue weighted by Gasteiger charge is 2.30. The van der Waals surface area contributed by atoms with Crippen molar-refractivity contribution in [2.75, 3.05) is 24.6 Å². The van der Waals surface area contributed by atoms with Gasteiger partial charge in [-0.1, -0.05) is 19.8 Å². The molecule has 1 atom stereocenters. The molecule has 21 heavy (non-hydrogen) atoms.